The summed E-state index contributed by atoms with van der Waals surface area (Å²) in [7, 11) is -6.62. The molecule has 0 spiro atoms. The zero-order chi connectivity index (χ0) is 22.1. The molecule has 1 N–H and O–H groups in total. The number of hydrogen-bond acceptors (Lipinski definition) is 2. The summed E-state index contributed by atoms with van der Waals surface area (Å²) in [6.07, 6.45) is -31.7. The standard InChI is InChI=1S/C10H9F13O3S/c11-1(3(13)5(15)7(17)18)2(12)4(14)6(16)9(20,21)10(22,23)8(19)27(24,25)26/h1-8H,(H,24,25,26). The molecule has 0 saturated heterocycles. The monoisotopic (exact) mass is 456 g/mol. The van der Waals surface area contributed by atoms with E-state index < -0.39 is 70.9 Å². The van der Waals surface area contributed by atoms with E-state index in [-0.39, 0.29) is 0 Å². The van der Waals surface area contributed by atoms with Crippen LogP contribution in [0, 0.1) is 0 Å². The van der Waals surface area contributed by atoms with Crippen LogP contribution in [-0.2, 0) is 10.1 Å². The Bertz CT molecular complexity index is 585. The van der Waals surface area contributed by atoms with Crippen molar-refractivity contribution in [2.75, 3.05) is 0 Å². The van der Waals surface area contributed by atoms with E-state index >= 15 is 0 Å². The van der Waals surface area contributed by atoms with E-state index in [1.165, 1.54) is 0 Å². The van der Waals surface area contributed by atoms with Crippen molar-refractivity contribution in [2.45, 2.75) is 60.8 Å². The molecular weight excluding hydrogens is 447 g/mol. The van der Waals surface area contributed by atoms with Crippen LogP contribution in [0.5, 0.6) is 0 Å². The molecule has 17 heteroatoms. The van der Waals surface area contributed by atoms with E-state index in [2.05, 4.69) is 0 Å². The Labute approximate surface area is 142 Å². The van der Waals surface area contributed by atoms with E-state index in [4.69, 9.17) is 4.55 Å². The Kier molecular flexibility index (Phi) is 8.25. The molecule has 7 unspecified atom stereocenters. The summed E-state index contributed by atoms with van der Waals surface area (Å²) in [5, 5.41) is 0. The molecule has 0 aliphatic carbocycles. The molecule has 0 aromatic heterocycles. The second-order valence-corrected chi connectivity index (χ2v) is 6.48. The van der Waals surface area contributed by atoms with E-state index in [0.29, 0.717) is 0 Å². The van der Waals surface area contributed by atoms with E-state index in [1.54, 1.807) is 0 Å². The average Bonchev–Trinajstić information content (AvgIpc) is 2.55. The molecule has 0 aromatic carbocycles. The second kappa shape index (κ2) is 8.57. The smallest absolute Gasteiger partial charge is 0.283 e. The molecule has 0 heterocycles. The summed E-state index contributed by atoms with van der Waals surface area (Å²) in [5.41, 5.74) is -5.24. The van der Waals surface area contributed by atoms with Crippen molar-refractivity contribution in [1.82, 2.24) is 0 Å². The van der Waals surface area contributed by atoms with Gasteiger partial charge in [-0.15, -0.1) is 0 Å². The molecule has 0 bridgehead atoms. The van der Waals surface area contributed by atoms with Crippen LogP contribution in [0.15, 0.2) is 0 Å². The van der Waals surface area contributed by atoms with Crippen LogP contribution in [0.3, 0.4) is 0 Å². The number of alkyl halides is 13. The molecule has 0 aliphatic heterocycles. The van der Waals surface area contributed by atoms with Gasteiger partial charge in [0.25, 0.3) is 11.9 Å². The molecule has 164 valence electrons. The average molecular weight is 456 g/mol. The largest absolute Gasteiger partial charge is 0.360 e. The van der Waals surface area contributed by atoms with E-state index in [0.717, 1.165) is 0 Å². The van der Waals surface area contributed by atoms with Crippen LogP contribution < -0.4 is 0 Å². The highest BCUT2D eigenvalue weighted by molar-refractivity contribution is 7.86. The SMILES string of the molecule is O=S(=O)(O)C(F)C(F)(F)C(F)(F)C(F)C(F)C(F)C(F)C(F)C(F)C(F)F. The first-order valence-corrected chi connectivity index (χ1v) is 7.80. The highest BCUT2D eigenvalue weighted by Gasteiger charge is 2.72. The third-order valence-corrected chi connectivity index (χ3v) is 3.89. The quantitative estimate of drug-likeness (QED) is 0.403. The Morgan fingerprint density at radius 3 is 1.26 bits per heavy atom. The Morgan fingerprint density at radius 1 is 0.593 bits per heavy atom. The highest BCUT2D eigenvalue weighted by Crippen LogP contribution is 2.45. The minimum atomic E-state index is -6.77. The molecule has 0 aliphatic rings. The van der Waals surface area contributed by atoms with Gasteiger partial charge in [0.1, 0.15) is 0 Å². The van der Waals surface area contributed by atoms with Gasteiger partial charge in [0.2, 0.25) is 6.17 Å². The normalized spacial score (nSPS) is 22.0. The fourth-order valence-electron chi connectivity index (χ4n) is 1.55. The third kappa shape index (κ3) is 5.29. The summed E-state index contributed by atoms with van der Waals surface area (Å²) in [6.45, 7) is 0. The van der Waals surface area contributed by atoms with E-state index in [1.807, 2.05) is 0 Å². The van der Waals surface area contributed by atoms with Gasteiger partial charge in [-0.3, -0.25) is 4.55 Å². The van der Waals surface area contributed by atoms with Crippen molar-refractivity contribution in [2.24, 2.45) is 0 Å². The predicted octanol–water partition coefficient (Wildman–Crippen LogP) is 3.73. The van der Waals surface area contributed by atoms with Crippen molar-refractivity contribution in [3.8, 4) is 0 Å². The lowest BCUT2D eigenvalue weighted by Gasteiger charge is -2.32. The van der Waals surface area contributed by atoms with Gasteiger partial charge in [-0.1, -0.05) is 0 Å². The van der Waals surface area contributed by atoms with Crippen molar-refractivity contribution < 1.29 is 70.0 Å². The topological polar surface area (TPSA) is 54.4 Å². The highest BCUT2D eigenvalue weighted by atomic mass is 32.2. The Balaban J connectivity index is 5.60. The minimum Gasteiger partial charge on any atom is -0.283 e. The lowest BCUT2D eigenvalue weighted by Crippen LogP contribution is -2.59. The summed E-state index contributed by atoms with van der Waals surface area (Å²) in [5.74, 6) is -13.5. The Hall–Kier alpha value is -1.00. The number of rotatable bonds is 10. The third-order valence-electron chi connectivity index (χ3n) is 3.07. The lowest BCUT2D eigenvalue weighted by molar-refractivity contribution is -0.264. The van der Waals surface area contributed by atoms with Crippen molar-refractivity contribution in [3.63, 3.8) is 0 Å². The maximum absolute atomic E-state index is 13.2. The summed E-state index contributed by atoms with van der Waals surface area (Å²) >= 11 is 0. The maximum atomic E-state index is 13.2. The van der Waals surface area contributed by atoms with Crippen LogP contribution in [0.1, 0.15) is 0 Å². The maximum Gasteiger partial charge on any atom is 0.360 e. The van der Waals surface area contributed by atoms with Crippen molar-refractivity contribution >= 4 is 10.1 Å². The van der Waals surface area contributed by atoms with Crippen LogP contribution in [-0.4, -0.2) is 73.8 Å². The van der Waals surface area contributed by atoms with Gasteiger partial charge in [-0.05, 0) is 0 Å². The van der Waals surface area contributed by atoms with Gasteiger partial charge in [0.05, 0.1) is 0 Å². The predicted molar refractivity (Wildman–Crippen MR) is 61.7 cm³/mol. The molecule has 27 heavy (non-hydrogen) atoms. The summed E-state index contributed by atoms with van der Waals surface area (Å²) in [6, 6.07) is 0. The number of hydrogen-bond donors (Lipinski definition) is 1. The first-order chi connectivity index (χ1) is 11.8. The molecule has 0 radical (unpaired) electrons. The molecular formula is C10H9F13O3S. The fourth-order valence-corrected chi connectivity index (χ4v) is 2.08. The van der Waals surface area contributed by atoms with Crippen LogP contribution in [0.4, 0.5) is 57.1 Å². The van der Waals surface area contributed by atoms with Crippen LogP contribution in [0.25, 0.3) is 0 Å². The van der Waals surface area contributed by atoms with Crippen LogP contribution in [0.2, 0.25) is 0 Å². The molecule has 3 nitrogen and oxygen atoms in total. The lowest BCUT2D eigenvalue weighted by atomic mass is 9.96. The zero-order valence-electron chi connectivity index (χ0n) is 12.2. The van der Waals surface area contributed by atoms with E-state index in [9.17, 15) is 65.5 Å². The van der Waals surface area contributed by atoms with Gasteiger partial charge in [0.15, 0.2) is 30.9 Å². The molecule has 0 saturated carbocycles. The van der Waals surface area contributed by atoms with Crippen molar-refractivity contribution in [3.05, 3.63) is 0 Å². The summed E-state index contributed by atoms with van der Waals surface area (Å²) < 4.78 is 195. The van der Waals surface area contributed by atoms with Crippen molar-refractivity contribution in [1.29, 1.82) is 0 Å². The first kappa shape index (κ1) is 26.0. The fraction of sp³-hybridized carbons (Fsp3) is 1.00. The molecule has 7 atom stereocenters. The zero-order valence-corrected chi connectivity index (χ0v) is 13.0. The van der Waals surface area contributed by atoms with Crippen LogP contribution >= 0.6 is 0 Å². The molecule has 0 rings (SSSR count). The second-order valence-electron chi connectivity index (χ2n) is 5.04. The number of halogens is 13. The van der Waals surface area contributed by atoms with Gasteiger partial charge in [0, 0.05) is 0 Å². The minimum absolute atomic E-state index is 4.12. The van der Waals surface area contributed by atoms with Gasteiger partial charge in [-0.25, -0.2) is 39.5 Å². The summed E-state index contributed by atoms with van der Waals surface area (Å²) in [4.78, 5) is 0. The van der Waals surface area contributed by atoms with Gasteiger partial charge in [-0.2, -0.15) is 26.0 Å². The van der Waals surface area contributed by atoms with Gasteiger partial charge >= 0.3 is 22.0 Å². The van der Waals surface area contributed by atoms with Gasteiger partial charge < -0.3 is 0 Å². The first-order valence-electron chi connectivity index (χ1n) is 6.30. The molecule has 0 amide bonds. The molecule has 0 fully saturated rings. The molecule has 0 aromatic rings. The Morgan fingerprint density at radius 2 is 0.926 bits per heavy atom.